The molecule has 1 aliphatic rings. The summed E-state index contributed by atoms with van der Waals surface area (Å²) in [5.41, 5.74) is 0. The Morgan fingerprint density at radius 3 is 2.90 bits per heavy atom. The van der Waals surface area contributed by atoms with Gasteiger partial charge >= 0.3 is 0 Å². The highest BCUT2D eigenvalue weighted by atomic mass is 16.5. The highest BCUT2D eigenvalue weighted by molar-refractivity contribution is 5.38. The number of hydrogen-bond donors (Lipinski definition) is 1. The van der Waals surface area contributed by atoms with Crippen LogP contribution in [0.5, 0.6) is 5.88 Å². The Morgan fingerprint density at radius 2 is 2.20 bits per heavy atom. The molecule has 0 aliphatic heterocycles. The number of nitrogens with zero attached hydrogens (tertiary/aromatic N) is 2. The van der Waals surface area contributed by atoms with Gasteiger partial charge in [0.15, 0.2) is 5.82 Å². The summed E-state index contributed by atoms with van der Waals surface area (Å²) in [6.07, 6.45) is 5.05. The first-order chi connectivity index (χ1) is 9.71. The summed E-state index contributed by atoms with van der Waals surface area (Å²) >= 11 is 0. The van der Waals surface area contributed by atoms with Crippen molar-refractivity contribution in [3.05, 3.63) is 11.9 Å². The molecule has 2 unspecified atom stereocenters. The molecule has 2 rings (SSSR count). The summed E-state index contributed by atoms with van der Waals surface area (Å²) in [4.78, 5) is 8.82. The fraction of sp³-hybridized carbons (Fsp3) is 0.733. The zero-order valence-electron chi connectivity index (χ0n) is 12.7. The third-order valence-electron chi connectivity index (χ3n) is 3.56. The lowest BCUT2D eigenvalue weighted by Crippen LogP contribution is -2.24. The molecule has 0 aromatic carbocycles. The molecule has 112 valence electrons. The number of aromatic nitrogens is 2. The topological polar surface area (TPSA) is 56.3 Å². The van der Waals surface area contributed by atoms with Crippen molar-refractivity contribution in [1.82, 2.24) is 9.97 Å². The smallest absolute Gasteiger partial charge is 0.219 e. The maximum absolute atomic E-state index is 6.05. The average Bonchev–Trinajstić information content (AvgIpc) is 2.39. The fourth-order valence-corrected chi connectivity index (χ4v) is 2.65. The number of rotatable bonds is 6. The van der Waals surface area contributed by atoms with Crippen LogP contribution in [0, 0.1) is 5.92 Å². The molecule has 5 heteroatoms. The molecule has 5 nitrogen and oxygen atoms in total. The first kappa shape index (κ1) is 15.0. The van der Waals surface area contributed by atoms with Crippen LogP contribution < -0.4 is 10.1 Å². The van der Waals surface area contributed by atoms with E-state index in [9.17, 15) is 0 Å². The van der Waals surface area contributed by atoms with Gasteiger partial charge in [-0.2, -0.15) is 4.98 Å². The quantitative estimate of drug-likeness (QED) is 0.867. The Kier molecular flexibility index (Phi) is 5.59. The van der Waals surface area contributed by atoms with Crippen LogP contribution in [0.4, 0.5) is 5.82 Å². The van der Waals surface area contributed by atoms with E-state index in [4.69, 9.17) is 9.47 Å². The maximum atomic E-state index is 6.05. The molecule has 1 heterocycles. The van der Waals surface area contributed by atoms with Crippen molar-refractivity contribution in [3.8, 4) is 5.88 Å². The number of anilines is 1. The third kappa shape index (κ3) is 4.34. The first-order valence-electron chi connectivity index (χ1n) is 7.48. The van der Waals surface area contributed by atoms with Gasteiger partial charge in [0.2, 0.25) is 5.88 Å². The van der Waals surface area contributed by atoms with Crippen LogP contribution in [-0.2, 0) is 11.3 Å². The summed E-state index contributed by atoms with van der Waals surface area (Å²) in [6, 6.07) is 1.88. The van der Waals surface area contributed by atoms with E-state index in [0.29, 0.717) is 18.3 Å². The SMILES string of the molecule is CCNc1cc(OC2CCCC(C)C2)nc(COC)n1. The number of ether oxygens (including phenoxy) is 2. The van der Waals surface area contributed by atoms with Crippen LogP contribution in [0.25, 0.3) is 0 Å². The van der Waals surface area contributed by atoms with Gasteiger partial charge in [0, 0.05) is 19.7 Å². The fourth-order valence-electron chi connectivity index (χ4n) is 2.65. The lowest BCUT2D eigenvalue weighted by molar-refractivity contribution is 0.121. The Balaban J connectivity index is 2.08. The summed E-state index contributed by atoms with van der Waals surface area (Å²) in [6.45, 7) is 5.55. The van der Waals surface area contributed by atoms with Gasteiger partial charge in [-0.15, -0.1) is 0 Å². The van der Waals surface area contributed by atoms with Crippen molar-refractivity contribution in [3.63, 3.8) is 0 Å². The number of methoxy groups -OCH3 is 1. The number of hydrogen-bond acceptors (Lipinski definition) is 5. The van der Waals surface area contributed by atoms with Crippen molar-refractivity contribution < 1.29 is 9.47 Å². The van der Waals surface area contributed by atoms with Crippen molar-refractivity contribution in [2.24, 2.45) is 5.92 Å². The van der Waals surface area contributed by atoms with Gasteiger partial charge in [-0.05, 0) is 32.1 Å². The van der Waals surface area contributed by atoms with E-state index < -0.39 is 0 Å². The summed E-state index contributed by atoms with van der Waals surface area (Å²) in [7, 11) is 1.65. The molecule has 2 atom stereocenters. The molecule has 0 radical (unpaired) electrons. The Hall–Kier alpha value is -1.36. The molecular formula is C15H25N3O2. The van der Waals surface area contributed by atoms with Crippen molar-refractivity contribution in [1.29, 1.82) is 0 Å². The second-order valence-corrected chi connectivity index (χ2v) is 5.48. The van der Waals surface area contributed by atoms with E-state index in [1.807, 2.05) is 13.0 Å². The van der Waals surface area contributed by atoms with Gasteiger partial charge in [0.25, 0.3) is 0 Å². The van der Waals surface area contributed by atoms with Crippen LogP contribution in [0.3, 0.4) is 0 Å². The number of nitrogens with one attached hydrogen (secondary N) is 1. The van der Waals surface area contributed by atoms with Crippen molar-refractivity contribution in [2.45, 2.75) is 52.2 Å². The second kappa shape index (κ2) is 7.43. The van der Waals surface area contributed by atoms with E-state index in [1.54, 1.807) is 7.11 Å². The minimum atomic E-state index is 0.276. The molecule has 20 heavy (non-hydrogen) atoms. The summed E-state index contributed by atoms with van der Waals surface area (Å²) < 4.78 is 11.2. The van der Waals surface area contributed by atoms with Crippen LogP contribution in [0.1, 0.15) is 45.4 Å². The largest absolute Gasteiger partial charge is 0.474 e. The molecule has 0 bridgehead atoms. The average molecular weight is 279 g/mol. The van der Waals surface area contributed by atoms with E-state index in [2.05, 4.69) is 22.2 Å². The van der Waals surface area contributed by atoms with Crippen LogP contribution in [-0.4, -0.2) is 29.7 Å². The molecule has 1 saturated carbocycles. The van der Waals surface area contributed by atoms with E-state index in [0.717, 1.165) is 31.1 Å². The van der Waals surface area contributed by atoms with Crippen LogP contribution in [0.2, 0.25) is 0 Å². The maximum Gasteiger partial charge on any atom is 0.219 e. The van der Waals surface area contributed by atoms with Gasteiger partial charge in [0.05, 0.1) is 0 Å². The summed E-state index contributed by atoms with van der Waals surface area (Å²) in [5.74, 6) is 2.85. The van der Waals surface area contributed by atoms with Crippen molar-refractivity contribution in [2.75, 3.05) is 19.0 Å². The molecule has 1 fully saturated rings. The molecule has 1 aromatic rings. The predicted octanol–water partition coefficient (Wildman–Crippen LogP) is 3.01. The highest BCUT2D eigenvalue weighted by Crippen LogP contribution is 2.27. The Labute approximate surface area is 121 Å². The molecule has 0 amide bonds. The van der Waals surface area contributed by atoms with E-state index in [-0.39, 0.29) is 6.10 Å². The normalized spacial score (nSPS) is 22.6. The molecule has 0 saturated heterocycles. The molecule has 1 N–H and O–H groups in total. The third-order valence-corrected chi connectivity index (χ3v) is 3.56. The zero-order chi connectivity index (χ0) is 14.4. The standard InChI is InChI=1S/C15H25N3O2/c1-4-16-13-9-15(18-14(17-13)10-19-3)20-12-7-5-6-11(2)8-12/h9,11-12H,4-8,10H2,1-3H3,(H,16,17,18). The first-order valence-corrected chi connectivity index (χ1v) is 7.48. The monoisotopic (exact) mass is 279 g/mol. The van der Waals surface area contributed by atoms with Gasteiger partial charge in [-0.3, -0.25) is 0 Å². The van der Waals surface area contributed by atoms with Gasteiger partial charge in [-0.1, -0.05) is 13.3 Å². The second-order valence-electron chi connectivity index (χ2n) is 5.48. The van der Waals surface area contributed by atoms with Gasteiger partial charge in [-0.25, -0.2) is 4.98 Å². The van der Waals surface area contributed by atoms with Crippen molar-refractivity contribution >= 4 is 5.82 Å². The zero-order valence-corrected chi connectivity index (χ0v) is 12.7. The minimum Gasteiger partial charge on any atom is -0.474 e. The predicted molar refractivity (Wildman–Crippen MR) is 79.0 cm³/mol. The Morgan fingerprint density at radius 1 is 1.35 bits per heavy atom. The molecule has 1 aliphatic carbocycles. The lowest BCUT2D eigenvalue weighted by Gasteiger charge is -2.27. The van der Waals surface area contributed by atoms with E-state index >= 15 is 0 Å². The molecule has 0 spiro atoms. The Bertz CT molecular complexity index is 401. The minimum absolute atomic E-state index is 0.276. The molecule has 1 aromatic heterocycles. The lowest BCUT2D eigenvalue weighted by atomic mass is 9.89. The highest BCUT2D eigenvalue weighted by Gasteiger charge is 2.21. The van der Waals surface area contributed by atoms with Crippen LogP contribution in [0.15, 0.2) is 6.07 Å². The summed E-state index contributed by atoms with van der Waals surface area (Å²) in [5, 5.41) is 3.21. The van der Waals surface area contributed by atoms with Crippen LogP contribution >= 0.6 is 0 Å². The van der Waals surface area contributed by atoms with E-state index in [1.165, 1.54) is 12.8 Å². The molecular weight excluding hydrogens is 254 g/mol. The van der Waals surface area contributed by atoms with Gasteiger partial charge in [0.1, 0.15) is 18.5 Å². The van der Waals surface area contributed by atoms with Gasteiger partial charge < -0.3 is 14.8 Å².